The number of aryl methyl sites for hydroxylation is 1. The van der Waals surface area contributed by atoms with Crippen molar-refractivity contribution in [2.24, 2.45) is 0 Å². The van der Waals surface area contributed by atoms with Gasteiger partial charge in [0.15, 0.2) is 0 Å². The third-order valence-electron chi connectivity index (χ3n) is 2.90. The Balaban J connectivity index is 1.96. The number of nitrogens with zero attached hydrogens (tertiary/aromatic N) is 2. The maximum Gasteiger partial charge on any atom is 0.323 e. The van der Waals surface area contributed by atoms with Crippen LogP contribution in [0.25, 0.3) is 0 Å². The lowest BCUT2D eigenvalue weighted by molar-refractivity contribution is 0.209. The maximum atomic E-state index is 12.0. The Labute approximate surface area is 106 Å². The number of carbonyl (C=O) groups is 1. The van der Waals surface area contributed by atoms with E-state index in [9.17, 15) is 4.79 Å². The monoisotopic (exact) mass is 251 g/mol. The van der Waals surface area contributed by atoms with E-state index in [2.05, 4.69) is 10.3 Å². The van der Waals surface area contributed by atoms with Gasteiger partial charge in [-0.1, -0.05) is 6.07 Å². The summed E-state index contributed by atoms with van der Waals surface area (Å²) in [6.07, 6.45) is 1.08. The second-order valence-electron chi connectivity index (χ2n) is 4.22. The van der Waals surface area contributed by atoms with Crippen LogP contribution in [0, 0.1) is 6.92 Å². The van der Waals surface area contributed by atoms with Crippen molar-refractivity contribution in [1.82, 2.24) is 9.88 Å². The molecule has 0 aromatic carbocycles. The SMILES string of the molecule is Cc1cccc(NC(=O)N(C)[C@@H]2CCSC2)n1. The first-order valence-electron chi connectivity index (χ1n) is 5.72. The first-order valence-corrected chi connectivity index (χ1v) is 6.87. The van der Waals surface area contributed by atoms with Crippen LogP contribution in [-0.4, -0.2) is 40.5 Å². The molecule has 1 aromatic heterocycles. The molecule has 2 rings (SSSR count). The van der Waals surface area contributed by atoms with Crippen LogP contribution in [-0.2, 0) is 0 Å². The van der Waals surface area contributed by atoms with Crippen LogP contribution in [0.5, 0.6) is 0 Å². The Hall–Kier alpha value is -1.23. The van der Waals surface area contributed by atoms with E-state index in [1.165, 1.54) is 0 Å². The minimum absolute atomic E-state index is 0.0735. The van der Waals surface area contributed by atoms with E-state index in [0.717, 1.165) is 23.6 Å². The van der Waals surface area contributed by atoms with Crippen molar-refractivity contribution in [3.8, 4) is 0 Å². The fourth-order valence-corrected chi connectivity index (χ4v) is 3.07. The average molecular weight is 251 g/mol. The molecule has 0 spiro atoms. The lowest BCUT2D eigenvalue weighted by Crippen LogP contribution is -2.40. The number of pyridine rings is 1. The van der Waals surface area contributed by atoms with E-state index >= 15 is 0 Å². The van der Waals surface area contributed by atoms with Gasteiger partial charge in [0.25, 0.3) is 0 Å². The molecule has 0 unspecified atom stereocenters. The molecule has 1 atom stereocenters. The Kier molecular flexibility index (Phi) is 3.89. The maximum absolute atomic E-state index is 12.0. The number of urea groups is 1. The summed E-state index contributed by atoms with van der Waals surface area (Å²) in [7, 11) is 1.85. The molecular weight excluding hydrogens is 234 g/mol. The summed E-state index contributed by atoms with van der Waals surface area (Å²) in [4.78, 5) is 18.0. The molecule has 1 N–H and O–H groups in total. The molecule has 0 radical (unpaired) electrons. The molecule has 1 aliphatic rings. The fraction of sp³-hybridized carbons (Fsp3) is 0.500. The minimum atomic E-state index is -0.0735. The summed E-state index contributed by atoms with van der Waals surface area (Å²) < 4.78 is 0. The van der Waals surface area contributed by atoms with Gasteiger partial charge in [0.2, 0.25) is 0 Å². The molecule has 0 saturated carbocycles. The highest BCUT2D eigenvalue weighted by Crippen LogP contribution is 2.21. The van der Waals surface area contributed by atoms with Gasteiger partial charge in [0.1, 0.15) is 5.82 Å². The number of hydrogen-bond acceptors (Lipinski definition) is 3. The highest BCUT2D eigenvalue weighted by Gasteiger charge is 2.23. The number of anilines is 1. The molecule has 2 amide bonds. The Bertz CT molecular complexity index is 404. The summed E-state index contributed by atoms with van der Waals surface area (Å²) in [5, 5.41) is 2.83. The van der Waals surface area contributed by atoms with Crippen LogP contribution in [0.15, 0.2) is 18.2 Å². The zero-order valence-corrected chi connectivity index (χ0v) is 11.0. The summed E-state index contributed by atoms with van der Waals surface area (Å²) >= 11 is 1.90. The molecule has 92 valence electrons. The third-order valence-corrected chi connectivity index (χ3v) is 4.04. The molecule has 17 heavy (non-hydrogen) atoms. The van der Waals surface area contributed by atoms with Crippen LogP contribution in [0.4, 0.5) is 10.6 Å². The topological polar surface area (TPSA) is 45.2 Å². The van der Waals surface area contributed by atoms with Gasteiger partial charge in [-0.25, -0.2) is 9.78 Å². The van der Waals surface area contributed by atoms with Gasteiger partial charge in [-0.3, -0.25) is 5.32 Å². The van der Waals surface area contributed by atoms with Gasteiger partial charge in [0, 0.05) is 24.5 Å². The van der Waals surface area contributed by atoms with Gasteiger partial charge in [-0.2, -0.15) is 11.8 Å². The fourth-order valence-electron chi connectivity index (χ4n) is 1.80. The van der Waals surface area contributed by atoms with E-state index < -0.39 is 0 Å². The summed E-state index contributed by atoms with van der Waals surface area (Å²) in [6.45, 7) is 1.91. The second-order valence-corrected chi connectivity index (χ2v) is 5.37. The third kappa shape index (κ3) is 3.12. The van der Waals surface area contributed by atoms with E-state index in [-0.39, 0.29) is 6.03 Å². The number of amides is 2. The zero-order valence-electron chi connectivity index (χ0n) is 10.1. The first kappa shape index (κ1) is 12.2. The predicted molar refractivity (Wildman–Crippen MR) is 71.5 cm³/mol. The van der Waals surface area contributed by atoms with Crippen molar-refractivity contribution in [3.05, 3.63) is 23.9 Å². The van der Waals surface area contributed by atoms with Crippen LogP contribution >= 0.6 is 11.8 Å². The van der Waals surface area contributed by atoms with Crippen molar-refractivity contribution in [2.45, 2.75) is 19.4 Å². The van der Waals surface area contributed by atoms with Crippen molar-refractivity contribution in [1.29, 1.82) is 0 Å². The Morgan fingerprint density at radius 3 is 3.06 bits per heavy atom. The molecule has 1 fully saturated rings. The van der Waals surface area contributed by atoms with Crippen LogP contribution < -0.4 is 5.32 Å². The smallest absolute Gasteiger partial charge is 0.323 e. The normalized spacial score (nSPS) is 19.1. The van der Waals surface area contributed by atoms with Crippen LogP contribution in [0.1, 0.15) is 12.1 Å². The number of thioether (sulfide) groups is 1. The molecule has 1 aliphatic heterocycles. The zero-order chi connectivity index (χ0) is 12.3. The van der Waals surface area contributed by atoms with Crippen molar-refractivity contribution in [3.63, 3.8) is 0 Å². The molecule has 2 heterocycles. The molecular formula is C12H17N3OS. The van der Waals surface area contributed by atoms with E-state index in [4.69, 9.17) is 0 Å². The van der Waals surface area contributed by atoms with Crippen molar-refractivity contribution in [2.75, 3.05) is 23.9 Å². The molecule has 5 heteroatoms. The summed E-state index contributed by atoms with van der Waals surface area (Å²) in [6, 6.07) is 5.89. The summed E-state index contributed by atoms with van der Waals surface area (Å²) in [5.41, 5.74) is 0.905. The molecule has 0 bridgehead atoms. The van der Waals surface area contributed by atoms with Crippen molar-refractivity contribution < 1.29 is 4.79 Å². The lowest BCUT2D eigenvalue weighted by Gasteiger charge is -2.23. The van der Waals surface area contributed by atoms with E-state index in [1.54, 1.807) is 4.90 Å². The Morgan fingerprint density at radius 1 is 1.59 bits per heavy atom. The van der Waals surface area contributed by atoms with E-state index in [0.29, 0.717) is 11.9 Å². The van der Waals surface area contributed by atoms with Gasteiger partial charge in [-0.15, -0.1) is 0 Å². The quantitative estimate of drug-likeness (QED) is 0.877. The van der Waals surface area contributed by atoms with Gasteiger partial charge >= 0.3 is 6.03 Å². The number of carbonyl (C=O) groups excluding carboxylic acids is 1. The number of rotatable bonds is 2. The first-order chi connectivity index (χ1) is 8.16. The standard InChI is InChI=1S/C12H17N3OS/c1-9-4-3-5-11(13-9)14-12(16)15(2)10-6-7-17-8-10/h3-5,10H,6-8H2,1-2H3,(H,13,14,16)/t10-/m1/s1. The molecule has 1 aromatic rings. The lowest BCUT2D eigenvalue weighted by atomic mass is 10.2. The number of nitrogens with one attached hydrogen (secondary N) is 1. The average Bonchev–Trinajstić information content (AvgIpc) is 2.81. The Morgan fingerprint density at radius 2 is 2.41 bits per heavy atom. The highest BCUT2D eigenvalue weighted by molar-refractivity contribution is 7.99. The summed E-state index contributed by atoms with van der Waals surface area (Å²) in [5.74, 6) is 2.79. The molecule has 4 nitrogen and oxygen atoms in total. The van der Waals surface area contributed by atoms with Gasteiger partial charge in [0.05, 0.1) is 0 Å². The minimum Gasteiger partial charge on any atom is -0.324 e. The van der Waals surface area contributed by atoms with E-state index in [1.807, 2.05) is 43.9 Å². The molecule has 1 saturated heterocycles. The largest absolute Gasteiger partial charge is 0.324 e. The van der Waals surface area contributed by atoms with Crippen molar-refractivity contribution >= 4 is 23.6 Å². The highest BCUT2D eigenvalue weighted by atomic mass is 32.2. The second kappa shape index (κ2) is 5.40. The number of hydrogen-bond donors (Lipinski definition) is 1. The van der Waals surface area contributed by atoms with Crippen LogP contribution in [0.3, 0.4) is 0 Å². The van der Waals surface area contributed by atoms with Gasteiger partial charge < -0.3 is 4.90 Å². The predicted octanol–water partition coefficient (Wildman–Crippen LogP) is 2.36. The van der Waals surface area contributed by atoms with Gasteiger partial charge in [-0.05, 0) is 31.2 Å². The van der Waals surface area contributed by atoms with Crippen LogP contribution in [0.2, 0.25) is 0 Å². The molecule has 0 aliphatic carbocycles. The number of aromatic nitrogens is 1.